The standard InChI is InChI=1S/C17H30N2O2/c1-5-14-16(20)18-13(10-11(2)3)17(21)19(14)15-9-7-6-8-12(15)4/h11-15H,5-10H2,1-4H3,(H,18,20). The van der Waals surface area contributed by atoms with E-state index in [2.05, 4.69) is 26.1 Å². The van der Waals surface area contributed by atoms with Gasteiger partial charge in [0.25, 0.3) is 0 Å². The average molecular weight is 294 g/mol. The van der Waals surface area contributed by atoms with E-state index in [0.717, 1.165) is 12.8 Å². The zero-order valence-corrected chi connectivity index (χ0v) is 13.9. The van der Waals surface area contributed by atoms with Gasteiger partial charge in [-0.2, -0.15) is 0 Å². The molecule has 2 amide bonds. The molecule has 1 N–H and O–H groups in total. The SMILES string of the molecule is CCC1C(=O)NC(CC(C)C)C(=O)N1C1CCCCC1C. The topological polar surface area (TPSA) is 49.4 Å². The van der Waals surface area contributed by atoms with Crippen molar-refractivity contribution in [1.82, 2.24) is 10.2 Å². The van der Waals surface area contributed by atoms with E-state index in [1.165, 1.54) is 19.3 Å². The van der Waals surface area contributed by atoms with E-state index >= 15 is 0 Å². The molecule has 0 aromatic rings. The summed E-state index contributed by atoms with van der Waals surface area (Å²) in [6, 6.07) is -0.349. The summed E-state index contributed by atoms with van der Waals surface area (Å²) in [7, 11) is 0. The van der Waals surface area contributed by atoms with Gasteiger partial charge in [0, 0.05) is 6.04 Å². The molecule has 1 aliphatic heterocycles. The van der Waals surface area contributed by atoms with Crippen LogP contribution in [0.2, 0.25) is 0 Å². The van der Waals surface area contributed by atoms with Crippen LogP contribution in [0.3, 0.4) is 0 Å². The van der Waals surface area contributed by atoms with Crippen molar-refractivity contribution < 1.29 is 9.59 Å². The van der Waals surface area contributed by atoms with Gasteiger partial charge in [-0.1, -0.05) is 40.5 Å². The monoisotopic (exact) mass is 294 g/mol. The summed E-state index contributed by atoms with van der Waals surface area (Å²) in [5.74, 6) is 1.10. The Morgan fingerprint density at radius 2 is 1.90 bits per heavy atom. The fourth-order valence-electron chi connectivity index (χ4n) is 3.91. The summed E-state index contributed by atoms with van der Waals surface area (Å²) in [5, 5.41) is 2.95. The molecule has 1 saturated carbocycles. The summed E-state index contributed by atoms with van der Waals surface area (Å²) in [6.45, 7) is 8.42. The maximum atomic E-state index is 12.9. The normalized spacial score (nSPS) is 34.2. The Balaban J connectivity index is 2.23. The highest BCUT2D eigenvalue weighted by atomic mass is 16.2. The Morgan fingerprint density at radius 3 is 2.48 bits per heavy atom. The first-order valence-corrected chi connectivity index (χ1v) is 8.58. The van der Waals surface area contributed by atoms with Crippen LogP contribution in [0.5, 0.6) is 0 Å². The quantitative estimate of drug-likeness (QED) is 0.866. The van der Waals surface area contributed by atoms with E-state index in [9.17, 15) is 9.59 Å². The number of piperazine rings is 1. The van der Waals surface area contributed by atoms with Gasteiger partial charge < -0.3 is 10.2 Å². The van der Waals surface area contributed by atoms with Gasteiger partial charge in [-0.3, -0.25) is 9.59 Å². The third-order valence-electron chi connectivity index (χ3n) is 5.02. The molecule has 2 rings (SSSR count). The van der Waals surface area contributed by atoms with Crippen LogP contribution < -0.4 is 5.32 Å². The van der Waals surface area contributed by atoms with Gasteiger partial charge in [-0.05, 0) is 37.5 Å². The van der Waals surface area contributed by atoms with Crippen LogP contribution in [0.15, 0.2) is 0 Å². The number of nitrogens with zero attached hydrogens (tertiary/aromatic N) is 1. The second-order valence-electron chi connectivity index (χ2n) is 7.19. The zero-order chi connectivity index (χ0) is 15.6. The van der Waals surface area contributed by atoms with Crippen molar-refractivity contribution in [2.75, 3.05) is 0 Å². The Kier molecular flexibility index (Phi) is 5.28. The van der Waals surface area contributed by atoms with Gasteiger partial charge in [0.1, 0.15) is 12.1 Å². The van der Waals surface area contributed by atoms with E-state index < -0.39 is 0 Å². The Labute approximate surface area is 128 Å². The lowest BCUT2D eigenvalue weighted by Crippen LogP contribution is -2.66. The van der Waals surface area contributed by atoms with Crippen LogP contribution in [0.25, 0.3) is 0 Å². The molecule has 0 spiro atoms. The first-order chi connectivity index (χ1) is 9.95. The highest BCUT2D eigenvalue weighted by Crippen LogP contribution is 2.32. The second-order valence-corrected chi connectivity index (χ2v) is 7.19. The van der Waals surface area contributed by atoms with Crippen molar-refractivity contribution in [3.8, 4) is 0 Å². The van der Waals surface area contributed by atoms with E-state index in [1.807, 2.05) is 11.8 Å². The highest BCUT2D eigenvalue weighted by Gasteiger charge is 2.44. The van der Waals surface area contributed by atoms with Crippen LogP contribution in [0.4, 0.5) is 0 Å². The van der Waals surface area contributed by atoms with Gasteiger partial charge >= 0.3 is 0 Å². The highest BCUT2D eigenvalue weighted by molar-refractivity contribution is 5.97. The van der Waals surface area contributed by atoms with E-state index in [-0.39, 0.29) is 29.9 Å². The van der Waals surface area contributed by atoms with Crippen molar-refractivity contribution in [3.63, 3.8) is 0 Å². The Bertz CT molecular complexity index is 394. The fraction of sp³-hybridized carbons (Fsp3) is 0.882. The van der Waals surface area contributed by atoms with Crippen LogP contribution >= 0.6 is 0 Å². The molecular weight excluding hydrogens is 264 g/mol. The molecule has 21 heavy (non-hydrogen) atoms. The van der Waals surface area contributed by atoms with Gasteiger partial charge in [0.05, 0.1) is 0 Å². The number of nitrogens with one attached hydrogen (secondary N) is 1. The Morgan fingerprint density at radius 1 is 1.24 bits per heavy atom. The zero-order valence-electron chi connectivity index (χ0n) is 13.9. The van der Waals surface area contributed by atoms with Crippen LogP contribution in [-0.4, -0.2) is 34.8 Å². The van der Waals surface area contributed by atoms with Crippen molar-refractivity contribution in [2.45, 2.75) is 84.3 Å². The van der Waals surface area contributed by atoms with Crippen molar-refractivity contribution in [3.05, 3.63) is 0 Å². The fourth-order valence-corrected chi connectivity index (χ4v) is 3.91. The first kappa shape index (κ1) is 16.3. The number of hydrogen-bond acceptors (Lipinski definition) is 2. The van der Waals surface area contributed by atoms with E-state index in [1.54, 1.807) is 0 Å². The summed E-state index contributed by atoms with van der Waals surface area (Å²) >= 11 is 0. The van der Waals surface area contributed by atoms with Gasteiger partial charge in [-0.15, -0.1) is 0 Å². The minimum absolute atomic E-state index is 0.0422. The molecule has 4 heteroatoms. The van der Waals surface area contributed by atoms with Crippen molar-refractivity contribution >= 4 is 11.8 Å². The summed E-state index contributed by atoms with van der Waals surface area (Å²) in [4.78, 5) is 27.3. The lowest BCUT2D eigenvalue weighted by molar-refractivity contribution is -0.155. The van der Waals surface area contributed by atoms with Crippen molar-refractivity contribution in [2.24, 2.45) is 11.8 Å². The molecule has 0 aromatic heterocycles. The maximum absolute atomic E-state index is 12.9. The molecule has 120 valence electrons. The molecule has 2 aliphatic rings. The maximum Gasteiger partial charge on any atom is 0.246 e. The van der Waals surface area contributed by atoms with E-state index in [0.29, 0.717) is 18.3 Å². The lowest BCUT2D eigenvalue weighted by Gasteiger charge is -2.47. The lowest BCUT2D eigenvalue weighted by atomic mass is 9.82. The molecule has 1 aliphatic carbocycles. The third-order valence-corrected chi connectivity index (χ3v) is 5.02. The molecule has 0 aromatic carbocycles. The molecule has 0 bridgehead atoms. The number of carbonyl (C=O) groups excluding carboxylic acids is 2. The van der Waals surface area contributed by atoms with Gasteiger partial charge in [-0.25, -0.2) is 0 Å². The molecule has 4 atom stereocenters. The predicted molar refractivity (Wildman–Crippen MR) is 83.7 cm³/mol. The molecule has 0 radical (unpaired) electrons. The number of amides is 2. The number of hydrogen-bond donors (Lipinski definition) is 1. The molecule has 4 nitrogen and oxygen atoms in total. The van der Waals surface area contributed by atoms with Crippen LogP contribution in [-0.2, 0) is 9.59 Å². The van der Waals surface area contributed by atoms with Crippen molar-refractivity contribution in [1.29, 1.82) is 0 Å². The summed E-state index contributed by atoms with van der Waals surface area (Å²) in [6.07, 6.45) is 6.07. The predicted octanol–water partition coefficient (Wildman–Crippen LogP) is 2.72. The molecule has 1 saturated heterocycles. The Hall–Kier alpha value is -1.06. The largest absolute Gasteiger partial charge is 0.342 e. The average Bonchev–Trinajstić information content (AvgIpc) is 2.42. The minimum Gasteiger partial charge on any atom is -0.342 e. The first-order valence-electron chi connectivity index (χ1n) is 8.58. The van der Waals surface area contributed by atoms with Crippen LogP contribution in [0.1, 0.15) is 66.2 Å². The van der Waals surface area contributed by atoms with Gasteiger partial charge in [0.2, 0.25) is 11.8 Å². The second kappa shape index (κ2) is 6.80. The summed E-state index contributed by atoms with van der Waals surface area (Å²) in [5.41, 5.74) is 0. The summed E-state index contributed by atoms with van der Waals surface area (Å²) < 4.78 is 0. The minimum atomic E-state index is -0.325. The smallest absolute Gasteiger partial charge is 0.246 e. The molecular formula is C17H30N2O2. The number of carbonyl (C=O) groups is 2. The molecule has 4 unspecified atom stereocenters. The third kappa shape index (κ3) is 3.41. The number of rotatable bonds is 4. The van der Waals surface area contributed by atoms with Gasteiger partial charge in [0.15, 0.2) is 0 Å². The molecule has 2 fully saturated rings. The van der Waals surface area contributed by atoms with Crippen LogP contribution in [0, 0.1) is 11.8 Å². The molecule has 1 heterocycles. The van der Waals surface area contributed by atoms with E-state index in [4.69, 9.17) is 0 Å².